The first-order valence-electron chi connectivity index (χ1n) is 12.2. The van der Waals surface area contributed by atoms with Gasteiger partial charge in [0, 0.05) is 30.2 Å². The fourth-order valence-electron chi connectivity index (χ4n) is 3.84. The van der Waals surface area contributed by atoms with Crippen LogP contribution >= 0.6 is 0 Å². The van der Waals surface area contributed by atoms with E-state index in [1.165, 1.54) is 6.07 Å². The zero-order valence-corrected chi connectivity index (χ0v) is 21.9. The SMILES string of the molecule is CCc1nccc(-c2cccnc2Oc2ccc(NC(=O)Nc3cc(C(F)(F)F)cc(C(F)(F)F)c3)c(C)c2C)n1. The second-order valence-electron chi connectivity index (χ2n) is 8.90. The molecule has 0 bridgehead atoms. The molecule has 7 nitrogen and oxygen atoms in total. The number of hydrogen-bond donors (Lipinski definition) is 2. The van der Waals surface area contributed by atoms with Crippen LogP contribution in [0.2, 0.25) is 0 Å². The molecule has 4 aromatic rings. The lowest BCUT2D eigenvalue weighted by atomic mass is 10.1. The van der Waals surface area contributed by atoms with Gasteiger partial charge in [-0.1, -0.05) is 6.92 Å². The molecule has 2 heterocycles. The first-order valence-corrected chi connectivity index (χ1v) is 12.2. The summed E-state index contributed by atoms with van der Waals surface area (Å²) in [6, 6.07) is 8.12. The fourth-order valence-corrected chi connectivity index (χ4v) is 3.84. The third kappa shape index (κ3) is 6.91. The summed E-state index contributed by atoms with van der Waals surface area (Å²) in [6.45, 7) is 5.32. The molecule has 0 atom stereocenters. The molecule has 0 saturated carbocycles. The van der Waals surface area contributed by atoms with E-state index in [0.717, 1.165) is 0 Å². The number of ether oxygens (including phenoxy) is 1. The lowest BCUT2D eigenvalue weighted by Gasteiger charge is -2.17. The average Bonchev–Trinajstić information content (AvgIpc) is 2.92. The molecule has 0 saturated heterocycles. The lowest BCUT2D eigenvalue weighted by Crippen LogP contribution is -2.21. The number of aromatic nitrogens is 3. The molecule has 0 aliphatic heterocycles. The van der Waals surface area contributed by atoms with Crippen molar-refractivity contribution < 1.29 is 35.9 Å². The van der Waals surface area contributed by atoms with E-state index in [0.29, 0.717) is 52.5 Å². The zero-order valence-electron chi connectivity index (χ0n) is 21.9. The molecule has 2 aromatic heterocycles. The van der Waals surface area contributed by atoms with Crippen LogP contribution in [0.15, 0.2) is 60.9 Å². The second-order valence-corrected chi connectivity index (χ2v) is 8.90. The first-order chi connectivity index (χ1) is 19.3. The van der Waals surface area contributed by atoms with Gasteiger partial charge in [-0.25, -0.2) is 19.7 Å². The molecule has 0 radical (unpaired) electrons. The van der Waals surface area contributed by atoms with Gasteiger partial charge in [0.05, 0.1) is 22.4 Å². The predicted molar refractivity (Wildman–Crippen MR) is 140 cm³/mol. The maximum absolute atomic E-state index is 13.1. The van der Waals surface area contributed by atoms with Gasteiger partial charge in [-0.2, -0.15) is 26.3 Å². The van der Waals surface area contributed by atoms with Crippen molar-refractivity contribution in [1.29, 1.82) is 0 Å². The van der Waals surface area contributed by atoms with Gasteiger partial charge in [-0.3, -0.25) is 0 Å². The van der Waals surface area contributed by atoms with Crippen LogP contribution in [0.3, 0.4) is 0 Å². The number of alkyl halides is 6. The van der Waals surface area contributed by atoms with Crippen molar-refractivity contribution in [2.75, 3.05) is 10.6 Å². The lowest BCUT2D eigenvalue weighted by molar-refractivity contribution is -0.143. The van der Waals surface area contributed by atoms with Gasteiger partial charge in [0.1, 0.15) is 11.6 Å². The van der Waals surface area contributed by atoms with Crippen LogP contribution in [0.1, 0.15) is 35.0 Å². The Labute approximate surface area is 230 Å². The minimum Gasteiger partial charge on any atom is -0.438 e. The van der Waals surface area contributed by atoms with Gasteiger partial charge in [-0.05, 0) is 73.5 Å². The van der Waals surface area contributed by atoms with Crippen LogP contribution in [-0.4, -0.2) is 21.0 Å². The Morgan fingerprint density at radius 1 is 0.854 bits per heavy atom. The van der Waals surface area contributed by atoms with E-state index >= 15 is 0 Å². The number of carbonyl (C=O) groups is 1. The Morgan fingerprint density at radius 3 is 2.17 bits per heavy atom. The number of urea groups is 1. The Hall–Kier alpha value is -4.68. The molecular weight excluding hydrogens is 552 g/mol. The van der Waals surface area contributed by atoms with E-state index < -0.39 is 35.2 Å². The van der Waals surface area contributed by atoms with Crippen molar-refractivity contribution >= 4 is 17.4 Å². The highest BCUT2D eigenvalue weighted by Gasteiger charge is 2.37. The van der Waals surface area contributed by atoms with Gasteiger partial charge in [-0.15, -0.1) is 0 Å². The number of nitrogens with zero attached hydrogens (tertiary/aromatic N) is 3. The number of halogens is 6. The Morgan fingerprint density at radius 2 is 1.54 bits per heavy atom. The summed E-state index contributed by atoms with van der Waals surface area (Å²) >= 11 is 0. The quantitative estimate of drug-likeness (QED) is 0.226. The molecule has 4 rings (SSSR count). The van der Waals surface area contributed by atoms with Crippen molar-refractivity contribution in [2.45, 2.75) is 39.5 Å². The number of pyridine rings is 1. The van der Waals surface area contributed by atoms with E-state index in [9.17, 15) is 31.1 Å². The molecular formula is C28H23F6N5O2. The molecule has 41 heavy (non-hydrogen) atoms. The van der Waals surface area contributed by atoms with Crippen molar-refractivity contribution in [3.05, 3.63) is 89.0 Å². The molecule has 2 amide bonds. The van der Waals surface area contributed by atoms with Crippen LogP contribution in [0, 0.1) is 13.8 Å². The molecule has 0 aliphatic rings. The summed E-state index contributed by atoms with van der Waals surface area (Å²) in [4.78, 5) is 25.6. The summed E-state index contributed by atoms with van der Waals surface area (Å²) < 4.78 is 85.0. The summed E-state index contributed by atoms with van der Waals surface area (Å²) in [6.07, 6.45) is -6.25. The monoisotopic (exact) mass is 575 g/mol. The van der Waals surface area contributed by atoms with Gasteiger partial charge >= 0.3 is 18.4 Å². The average molecular weight is 576 g/mol. The number of carbonyl (C=O) groups excluding carboxylic acids is 1. The Bertz CT molecular complexity index is 1560. The highest BCUT2D eigenvalue weighted by atomic mass is 19.4. The second kappa shape index (κ2) is 11.4. The molecule has 0 fully saturated rings. The van der Waals surface area contributed by atoms with E-state index in [4.69, 9.17) is 4.74 Å². The standard InChI is InChI=1S/C28H23F6N5O2/c1-4-24-35-11-9-22(38-24)20-6-5-10-36-25(20)41-23-8-7-21(15(2)16(23)3)39-26(40)37-19-13-17(27(29,30)31)12-18(14-19)28(32,33)34/h5-14H,4H2,1-3H3,(H2,37,39,40). The largest absolute Gasteiger partial charge is 0.438 e. The normalized spacial score (nSPS) is 11.7. The molecule has 2 N–H and O–H groups in total. The number of anilines is 2. The van der Waals surface area contributed by atoms with E-state index in [2.05, 4.69) is 20.3 Å². The van der Waals surface area contributed by atoms with Crippen molar-refractivity contribution in [3.63, 3.8) is 0 Å². The predicted octanol–water partition coefficient (Wildman–Crippen LogP) is 8.19. The Balaban J connectivity index is 1.55. The minimum absolute atomic E-state index is 0.0181. The van der Waals surface area contributed by atoms with Crippen molar-refractivity contribution in [3.8, 4) is 22.9 Å². The van der Waals surface area contributed by atoms with Gasteiger partial charge in [0.25, 0.3) is 0 Å². The molecule has 0 aliphatic carbocycles. The smallest absolute Gasteiger partial charge is 0.416 e. The van der Waals surface area contributed by atoms with Crippen molar-refractivity contribution in [1.82, 2.24) is 15.0 Å². The highest BCUT2D eigenvalue weighted by Crippen LogP contribution is 2.38. The van der Waals surface area contributed by atoms with E-state index in [1.54, 1.807) is 50.5 Å². The molecule has 13 heteroatoms. The van der Waals surface area contributed by atoms with Crippen LogP contribution in [-0.2, 0) is 18.8 Å². The Kier molecular flexibility index (Phi) is 8.17. The summed E-state index contributed by atoms with van der Waals surface area (Å²) in [5, 5.41) is 4.50. The van der Waals surface area contributed by atoms with Crippen LogP contribution in [0.5, 0.6) is 11.6 Å². The number of aryl methyl sites for hydroxylation is 1. The molecule has 0 spiro atoms. The highest BCUT2D eigenvalue weighted by molar-refractivity contribution is 6.00. The number of amides is 2. The van der Waals surface area contributed by atoms with E-state index in [1.807, 2.05) is 12.2 Å². The number of benzene rings is 2. The van der Waals surface area contributed by atoms with Crippen LogP contribution < -0.4 is 15.4 Å². The van der Waals surface area contributed by atoms with Crippen LogP contribution in [0.4, 0.5) is 42.5 Å². The summed E-state index contributed by atoms with van der Waals surface area (Å²) in [5.74, 6) is 1.34. The van der Waals surface area contributed by atoms with Gasteiger partial charge in [0.2, 0.25) is 5.88 Å². The van der Waals surface area contributed by atoms with Crippen LogP contribution in [0.25, 0.3) is 11.3 Å². The first kappa shape index (κ1) is 29.3. The minimum atomic E-state index is -5.04. The molecule has 2 aromatic carbocycles. The zero-order chi connectivity index (χ0) is 29.9. The third-order valence-electron chi connectivity index (χ3n) is 6.11. The van der Waals surface area contributed by atoms with Gasteiger partial charge in [0.15, 0.2) is 0 Å². The third-order valence-corrected chi connectivity index (χ3v) is 6.11. The maximum atomic E-state index is 13.1. The topological polar surface area (TPSA) is 89.0 Å². The van der Waals surface area contributed by atoms with E-state index in [-0.39, 0.29) is 17.6 Å². The molecule has 214 valence electrons. The summed E-state index contributed by atoms with van der Waals surface area (Å²) in [7, 11) is 0. The molecule has 0 unspecified atom stereocenters. The number of nitrogens with one attached hydrogen (secondary N) is 2. The number of hydrogen-bond acceptors (Lipinski definition) is 5. The fraction of sp³-hybridized carbons (Fsp3) is 0.214. The van der Waals surface area contributed by atoms with Crippen molar-refractivity contribution in [2.24, 2.45) is 0 Å². The summed E-state index contributed by atoms with van der Waals surface area (Å²) in [5.41, 5.74) is -1.09. The maximum Gasteiger partial charge on any atom is 0.416 e. The van der Waals surface area contributed by atoms with Gasteiger partial charge < -0.3 is 15.4 Å². The number of rotatable bonds is 6.